The molecule has 0 saturated heterocycles. The van der Waals surface area contributed by atoms with Crippen molar-refractivity contribution in [3.8, 4) is 0 Å². The Morgan fingerprint density at radius 2 is 1.97 bits per heavy atom. The number of thioether (sulfide) groups is 1. The van der Waals surface area contributed by atoms with E-state index < -0.39 is 11.7 Å². The normalized spacial score (nSPS) is 11.8. The minimum atomic E-state index is -4.45. The van der Waals surface area contributed by atoms with Gasteiger partial charge in [0.1, 0.15) is 0 Å². The van der Waals surface area contributed by atoms with Gasteiger partial charge in [-0.15, -0.1) is 21.5 Å². The quantitative estimate of drug-likeness (QED) is 0.340. The number of aryl methyl sites for hydroxylation is 1. The van der Waals surface area contributed by atoms with Crippen molar-refractivity contribution >= 4 is 45.5 Å². The van der Waals surface area contributed by atoms with Crippen LogP contribution in [-0.4, -0.2) is 25.5 Å². The largest absolute Gasteiger partial charge is 0.417 e. The van der Waals surface area contributed by atoms with Gasteiger partial charge in [-0.3, -0.25) is 14.1 Å². The van der Waals surface area contributed by atoms with Gasteiger partial charge in [0.15, 0.2) is 15.9 Å². The van der Waals surface area contributed by atoms with E-state index >= 15 is 0 Å². The van der Waals surface area contributed by atoms with Gasteiger partial charge in [-0.25, -0.2) is 4.98 Å². The first-order chi connectivity index (χ1) is 15.1. The molecule has 0 atom stereocenters. The summed E-state index contributed by atoms with van der Waals surface area (Å²) in [7, 11) is 0. The Hall–Kier alpha value is -2.92. The number of carbonyl (C=O) groups is 1. The molecule has 0 aliphatic heterocycles. The van der Waals surface area contributed by atoms with Gasteiger partial charge in [0.2, 0.25) is 5.91 Å². The Morgan fingerprint density at radius 3 is 2.69 bits per heavy atom. The summed E-state index contributed by atoms with van der Waals surface area (Å²) >= 11 is 2.56. The molecule has 0 bridgehead atoms. The minimum absolute atomic E-state index is 0.157. The third-order valence-corrected chi connectivity index (χ3v) is 6.76. The van der Waals surface area contributed by atoms with E-state index in [4.69, 9.17) is 0 Å². The van der Waals surface area contributed by atoms with Crippen molar-refractivity contribution < 1.29 is 18.0 Å². The molecular formula is C21H18F3N5OS2. The lowest BCUT2D eigenvalue weighted by molar-refractivity contribution is -0.137. The maximum absolute atomic E-state index is 13.0. The molecule has 166 valence electrons. The van der Waals surface area contributed by atoms with E-state index in [-0.39, 0.29) is 5.91 Å². The molecule has 1 aromatic carbocycles. The SMILES string of the molecule is CC(=O)N(c1nc(CSc2nnc3ccc(C(F)(F)F)cn23)cs1)c1cccc(C)c1C. The number of fused-ring (bicyclic) bond motifs is 1. The van der Waals surface area contributed by atoms with Crippen LogP contribution >= 0.6 is 23.1 Å². The molecule has 3 aromatic heterocycles. The van der Waals surface area contributed by atoms with Crippen molar-refractivity contribution in [1.29, 1.82) is 0 Å². The van der Waals surface area contributed by atoms with Crippen LogP contribution in [0.25, 0.3) is 5.65 Å². The molecule has 6 nitrogen and oxygen atoms in total. The molecule has 0 unspecified atom stereocenters. The van der Waals surface area contributed by atoms with E-state index in [0.717, 1.165) is 29.1 Å². The molecule has 0 N–H and O–H groups in total. The van der Waals surface area contributed by atoms with E-state index in [1.54, 1.807) is 4.90 Å². The van der Waals surface area contributed by atoms with Crippen molar-refractivity contribution in [1.82, 2.24) is 19.6 Å². The Morgan fingerprint density at radius 1 is 1.19 bits per heavy atom. The molecule has 0 aliphatic carbocycles. The van der Waals surface area contributed by atoms with Crippen molar-refractivity contribution in [2.45, 2.75) is 37.9 Å². The van der Waals surface area contributed by atoms with E-state index in [9.17, 15) is 18.0 Å². The predicted octanol–water partition coefficient (Wildman–Crippen LogP) is 5.80. The fraction of sp³-hybridized carbons (Fsp3) is 0.238. The Kier molecular flexibility index (Phi) is 5.95. The summed E-state index contributed by atoms with van der Waals surface area (Å²) in [6.07, 6.45) is -3.46. The number of nitrogens with zero attached hydrogens (tertiary/aromatic N) is 5. The summed E-state index contributed by atoms with van der Waals surface area (Å²) in [6, 6.07) is 8.02. The van der Waals surface area contributed by atoms with Gasteiger partial charge in [-0.1, -0.05) is 23.9 Å². The summed E-state index contributed by atoms with van der Waals surface area (Å²) < 4.78 is 40.4. The third kappa shape index (κ3) is 4.35. The number of thiazole rings is 1. The molecule has 11 heteroatoms. The van der Waals surface area contributed by atoms with Gasteiger partial charge in [-0.2, -0.15) is 13.2 Å². The highest BCUT2D eigenvalue weighted by Gasteiger charge is 2.31. The first kappa shape index (κ1) is 22.3. The fourth-order valence-corrected chi connectivity index (χ4v) is 4.92. The number of alkyl halides is 3. The Bertz CT molecular complexity index is 1300. The van der Waals surface area contributed by atoms with Crippen LogP contribution in [0.1, 0.15) is 29.3 Å². The summed E-state index contributed by atoms with van der Waals surface area (Å²) in [5.74, 6) is 0.210. The molecule has 1 amide bonds. The van der Waals surface area contributed by atoms with Crippen molar-refractivity contribution in [2.75, 3.05) is 4.90 Å². The maximum Gasteiger partial charge on any atom is 0.417 e. The lowest BCUT2D eigenvalue weighted by Crippen LogP contribution is -2.23. The zero-order valence-electron chi connectivity index (χ0n) is 17.3. The summed E-state index contributed by atoms with van der Waals surface area (Å²) in [4.78, 5) is 18.5. The van der Waals surface area contributed by atoms with Crippen LogP contribution in [0.3, 0.4) is 0 Å². The van der Waals surface area contributed by atoms with E-state index in [1.165, 1.54) is 40.5 Å². The van der Waals surface area contributed by atoms with Crippen LogP contribution in [-0.2, 0) is 16.7 Å². The van der Waals surface area contributed by atoms with Gasteiger partial charge in [0.05, 0.1) is 16.9 Å². The number of hydrogen-bond donors (Lipinski definition) is 0. The molecule has 0 spiro atoms. The molecule has 4 aromatic rings. The van der Waals surface area contributed by atoms with Crippen LogP contribution in [0.4, 0.5) is 24.0 Å². The van der Waals surface area contributed by atoms with Gasteiger partial charge in [0.25, 0.3) is 0 Å². The number of benzene rings is 1. The second-order valence-corrected chi connectivity index (χ2v) is 8.89. The third-order valence-electron chi connectivity index (χ3n) is 4.91. The average molecular weight is 478 g/mol. The number of rotatable bonds is 5. The molecule has 4 rings (SSSR count). The maximum atomic E-state index is 13.0. The molecular weight excluding hydrogens is 459 g/mol. The Balaban J connectivity index is 1.57. The monoisotopic (exact) mass is 477 g/mol. The van der Waals surface area contributed by atoms with Crippen molar-refractivity contribution in [3.63, 3.8) is 0 Å². The highest BCUT2D eigenvalue weighted by atomic mass is 32.2. The molecule has 0 radical (unpaired) electrons. The van der Waals surface area contributed by atoms with Crippen LogP contribution in [0.15, 0.2) is 47.1 Å². The second kappa shape index (κ2) is 8.55. The van der Waals surface area contributed by atoms with Crippen LogP contribution in [0.5, 0.6) is 0 Å². The summed E-state index contributed by atoms with van der Waals surface area (Å²) in [6.45, 7) is 5.42. The molecule has 0 aliphatic rings. The van der Waals surface area contributed by atoms with Crippen molar-refractivity contribution in [2.24, 2.45) is 0 Å². The first-order valence-corrected chi connectivity index (χ1v) is 11.4. The number of anilines is 2. The smallest absolute Gasteiger partial charge is 0.277 e. The van der Waals surface area contributed by atoms with E-state index in [1.807, 2.05) is 37.4 Å². The zero-order valence-corrected chi connectivity index (χ0v) is 19.0. The van der Waals surface area contributed by atoms with Gasteiger partial charge in [-0.05, 0) is 43.2 Å². The standard InChI is InChI=1S/C21H18F3N5OS2/c1-12-5-4-6-17(13(12)2)29(14(3)30)19-25-16(10-31-19)11-32-20-27-26-18-8-7-15(9-28(18)20)21(22,23)24/h4-10H,11H2,1-3H3. The van der Waals surface area contributed by atoms with Crippen LogP contribution in [0, 0.1) is 13.8 Å². The lowest BCUT2D eigenvalue weighted by Gasteiger charge is -2.21. The van der Waals surface area contributed by atoms with Gasteiger partial charge >= 0.3 is 6.18 Å². The van der Waals surface area contributed by atoms with Crippen molar-refractivity contribution in [3.05, 3.63) is 64.3 Å². The zero-order chi connectivity index (χ0) is 23.0. The highest BCUT2D eigenvalue weighted by molar-refractivity contribution is 7.98. The number of aromatic nitrogens is 4. The summed E-state index contributed by atoms with van der Waals surface area (Å²) in [5.41, 5.74) is 3.08. The highest BCUT2D eigenvalue weighted by Crippen LogP contribution is 2.34. The number of amides is 1. The topological polar surface area (TPSA) is 63.4 Å². The molecule has 0 saturated carbocycles. The second-order valence-electron chi connectivity index (χ2n) is 7.11. The summed E-state index contributed by atoms with van der Waals surface area (Å²) in [5, 5.41) is 10.6. The number of pyridine rings is 1. The number of carbonyl (C=O) groups excluding carboxylic acids is 1. The predicted molar refractivity (Wildman–Crippen MR) is 118 cm³/mol. The van der Waals surface area contributed by atoms with Gasteiger partial charge in [0, 0.05) is 24.3 Å². The molecule has 3 heterocycles. The lowest BCUT2D eigenvalue weighted by atomic mass is 10.1. The molecule has 32 heavy (non-hydrogen) atoms. The van der Waals surface area contributed by atoms with Crippen LogP contribution in [0.2, 0.25) is 0 Å². The number of halogens is 3. The average Bonchev–Trinajstić information content (AvgIpc) is 3.35. The van der Waals surface area contributed by atoms with E-state index in [0.29, 0.717) is 27.4 Å². The molecule has 0 fully saturated rings. The Labute approximate surface area is 190 Å². The minimum Gasteiger partial charge on any atom is -0.277 e. The van der Waals surface area contributed by atoms with E-state index in [2.05, 4.69) is 15.2 Å². The van der Waals surface area contributed by atoms with Gasteiger partial charge < -0.3 is 0 Å². The fourth-order valence-electron chi connectivity index (χ4n) is 3.12. The van der Waals surface area contributed by atoms with Crippen LogP contribution < -0.4 is 4.90 Å². The number of hydrogen-bond acceptors (Lipinski definition) is 6. The first-order valence-electron chi connectivity index (χ1n) is 9.51.